The van der Waals surface area contributed by atoms with Crippen LogP contribution in [0.25, 0.3) is 0 Å². The number of urea groups is 1. The highest BCUT2D eigenvalue weighted by Crippen LogP contribution is 2.26. The minimum Gasteiger partial charge on any atom is -0.481 e. The second kappa shape index (κ2) is 7.88. The summed E-state index contributed by atoms with van der Waals surface area (Å²) in [7, 11) is 0. The molecule has 0 radical (unpaired) electrons. The molecule has 0 bridgehead atoms. The molecule has 0 heterocycles. The molecule has 23 heavy (non-hydrogen) atoms. The van der Waals surface area contributed by atoms with Gasteiger partial charge in [0.2, 0.25) is 0 Å². The number of nitrogens with one attached hydrogen (secondary N) is 2. The van der Waals surface area contributed by atoms with E-state index in [1.165, 1.54) is 0 Å². The molecule has 2 rings (SSSR count). The lowest BCUT2D eigenvalue weighted by Gasteiger charge is -2.27. The van der Waals surface area contributed by atoms with Crippen molar-refractivity contribution in [2.45, 2.75) is 44.7 Å². The van der Waals surface area contributed by atoms with E-state index in [9.17, 15) is 9.59 Å². The molecule has 1 saturated carbocycles. The lowest BCUT2D eigenvalue weighted by molar-refractivity contribution is -0.142. The molecular formula is C16H20Cl2N2O3. The van der Waals surface area contributed by atoms with Crippen LogP contribution in [0.5, 0.6) is 0 Å². The largest absolute Gasteiger partial charge is 0.481 e. The van der Waals surface area contributed by atoms with Crippen LogP contribution < -0.4 is 10.6 Å². The summed E-state index contributed by atoms with van der Waals surface area (Å²) >= 11 is 11.9. The SMILES string of the molecule is CC(NC(=O)NC1CCC(C(=O)O)CC1)c1ccc(Cl)c(Cl)c1. The van der Waals surface area contributed by atoms with Crippen molar-refractivity contribution in [2.24, 2.45) is 5.92 Å². The molecule has 0 spiro atoms. The molecule has 1 fully saturated rings. The Hall–Kier alpha value is -1.46. The fraction of sp³-hybridized carbons (Fsp3) is 0.500. The maximum atomic E-state index is 12.1. The van der Waals surface area contributed by atoms with E-state index in [-0.39, 0.29) is 24.0 Å². The molecule has 7 heteroatoms. The summed E-state index contributed by atoms with van der Waals surface area (Å²) in [6.45, 7) is 1.86. The highest BCUT2D eigenvalue weighted by molar-refractivity contribution is 6.42. The second-order valence-corrected chi connectivity index (χ2v) is 6.71. The number of aliphatic carboxylic acids is 1. The Kier molecular flexibility index (Phi) is 6.13. The standard InChI is InChI=1S/C16H20Cl2N2O3/c1-9(11-4-7-13(17)14(18)8-11)19-16(23)20-12-5-2-10(3-6-12)15(21)22/h4,7-10,12H,2-3,5-6H2,1H3,(H,21,22)(H2,19,20,23). The van der Waals surface area contributed by atoms with E-state index < -0.39 is 5.97 Å². The van der Waals surface area contributed by atoms with Crippen molar-refractivity contribution in [3.8, 4) is 0 Å². The highest BCUT2D eigenvalue weighted by atomic mass is 35.5. The Morgan fingerprint density at radius 1 is 1.17 bits per heavy atom. The molecule has 1 aromatic rings. The monoisotopic (exact) mass is 358 g/mol. The lowest BCUT2D eigenvalue weighted by Crippen LogP contribution is -2.44. The molecule has 1 unspecified atom stereocenters. The molecule has 2 amide bonds. The third kappa shape index (κ3) is 5.01. The van der Waals surface area contributed by atoms with E-state index >= 15 is 0 Å². The molecule has 1 aliphatic rings. The van der Waals surface area contributed by atoms with Gasteiger partial charge in [0.1, 0.15) is 0 Å². The molecule has 5 nitrogen and oxygen atoms in total. The first kappa shape index (κ1) is 17.9. The Labute approximate surface area is 145 Å². The van der Waals surface area contributed by atoms with Crippen molar-refractivity contribution in [1.82, 2.24) is 10.6 Å². The Balaban J connectivity index is 1.82. The molecule has 0 aliphatic heterocycles. The number of hydrogen-bond acceptors (Lipinski definition) is 2. The van der Waals surface area contributed by atoms with Gasteiger partial charge in [-0.15, -0.1) is 0 Å². The average molecular weight is 359 g/mol. The van der Waals surface area contributed by atoms with E-state index in [4.69, 9.17) is 28.3 Å². The summed E-state index contributed by atoms with van der Waals surface area (Å²) in [6.07, 6.45) is 2.57. The maximum Gasteiger partial charge on any atom is 0.315 e. The zero-order chi connectivity index (χ0) is 17.0. The van der Waals surface area contributed by atoms with Crippen LogP contribution in [0.1, 0.15) is 44.2 Å². The first-order valence-electron chi connectivity index (χ1n) is 7.61. The van der Waals surface area contributed by atoms with Gasteiger partial charge in [0, 0.05) is 6.04 Å². The predicted molar refractivity (Wildman–Crippen MR) is 89.9 cm³/mol. The van der Waals surface area contributed by atoms with Crippen LogP contribution in [0.15, 0.2) is 18.2 Å². The van der Waals surface area contributed by atoms with Crippen LogP contribution in [0.4, 0.5) is 4.79 Å². The second-order valence-electron chi connectivity index (χ2n) is 5.90. The molecule has 3 N–H and O–H groups in total. The number of carboxylic acid groups (broad SMARTS) is 1. The summed E-state index contributed by atoms with van der Waals surface area (Å²) in [5.74, 6) is -1.03. The van der Waals surface area contributed by atoms with Crippen molar-refractivity contribution in [3.63, 3.8) is 0 Å². The van der Waals surface area contributed by atoms with Crippen molar-refractivity contribution in [1.29, 1.82) is 0 Å². The Bertz CT molecular complexity index is 587. The van der Waals surface area contributed by atoms with E-state index in [2.05, 4.69) is 10.6 Å². The minimum atomic E-state index is -0.749. The van der Waals surface area contributed by atoms with Crippen molar-refractivity contribution in [2.75, 3.05) is 0 Å². The molecule has 126 valence electrons. The normalized spacial score (nSPS) is 22.2. The van der Waals surface area contributed by atoms with Gasteiger partial charge in [-0.1, -0.05) is 29.3 Å². The third-order valence-corrected chi connectivity index (χ3v) is 4.94. The van der Waals surface area contributed by atoms with Crippen molar-refractivity contribution >= 4 is 35.2 Å². The smallest absolute Gasteiger partial charge is 0.315 e. The number of benzene rings is 1. The van der Waals surface area contributed by atoms with Crippen molar-refractivity contribution in [3.05, 3.63) is 33.8 Å². The highest BCUT2D eigenvalue weighted by Gasteiger charge is 2.26. The minimum absolute atomic E-state index is 0.0200. The van der Waals surface area contributed by atoms with Crippen LogP contribution in [0.2, 0.25) is 10.0 Å². The first-order valence-corrected chi connectivity index (χ1v) is 8.37. The number of amides is 2. The fourth-order valence-corrected chi connectivity index (χ4v) is 3.08. The number of halogens is 2. The van der Waals surface area contributed by atoms with Gasteiger partial charge in [-0.25, -0.2) is 4.79 Å². The van der Waals surface area contributed by atoms with Crippen LogP contribution in [-0.4, -0.2) is 23.1 Å². The van der Waals surface area contributed by atoms with Gasteiger partial charge in [0.25, 0.3) is 0 Å². The maximum absolute atomic E-state index is 12.1. The molecule has 1 aliphatic carbocycles. The third-order valence-electron chi connectivity index (χ3n) is 4.20. The number of rotatable bonds is 4. The van der Waals surface area contributed by atoms with Crippen LogP contribution >= 0.6 is 23.2 Å². The predicted octanol–water partition coefficient (Wildman–Crippen LogP) is 4.00. The average Bonchev–Trinajstić information content (AvgIpc) is 2.50. The molecule has 1 aromatic carbocycles. The molecule has 1 atom stereocenters. The summed E-state index contributed by atoms with van der Waals surface area (Å²) in [5.41, 5.74) is 0.865. The quantitative estimate of drug-likeness (QED) is 0.760. The van der Waals surface area contributed by atoms with Crippen LogP contribution in [0.3, 0.4) is 0 Å². The summed E-state index contributed by atoms with van der Waals surface area (Å²) in [4.78, 5) is 23.0. The number of carbonyl (C=O) groups is 2. The molecule has 0 saturated heterocycles. The van der Waals surface area contributed by atoms with Gasteiger partial charge in [-0.2, -0.15) is 0 Å². The van der Waals surface area contributed by atoms with Gasteiger partial charge in [0.05, 0.1) is 22.0 Å². The van der Waals surface area contributed by atoms with Gasteiger partial charge in [0.15, 0.2) is 0 Å². The Morgan fingerprint density at radius 2 is 1.83 bits per heavy atom. The Morgan fingerprint density at radius 3 is 2.39 bits per heavy atom. The summed E-state index contributed by atoms with van der Waals surface area (Å²) in [6, 6.07) is 4.79. The summed E-state index contributed by atoms with van der Waals surface area (Å²) < 4.78 is 0. The first-order chi connectivity index (χ1) is 10.9. The van der Waals surface area contributed by atoms with Crippen molar-refractivity contribution < 1.29 is 14.7 Å². The van der Waals surface area contributed by atoms with E-state index in [1.54, 1.807) is 12.1 Å². The van der Waals surface area contributed by atoms with E-state index in [0.29, 0.717) is 35.7 Å². The summed E-state index contributed by atoms with van der Waals surface area (Å²) in [5, 5.41) is 15.7. The van der Waals surface area contributed by atoms with Crippen LogP contribution in [0, 0.1) is 5.92 Å². The van der Waals surface area contributed by atoms with E-state index in [0.717, 1.165) is 5.56 Å². The van der Waals surface area contributed by atoms with Gasteiger partial charge in [-0.3, -0.25) is 4.79 Å². The van der Waals surface area contributed by atoms with Gasteiger partial charge >= 0.3 is 12.0 Å². The van der Waals surface area contributed by atoms with E-state index in [1.807, 2.05) is 13.0 Å². The zero-order valence-electron chi connectivity index (χ0n) is 12.8. The van der Waals surface area contributed by atoms with Gasteiger partial charge in [-0.05, 0) is 50.3 Å². The number of carboxylic acids is 1. The molecule has 0 aromatic heterocycles. The van der Waals surface area contributed by atoms with Crippen LogP contribution in [-0.2, 0) is 4.79 Å². The molecular weight excluding hydrogens is 339 g/mol. The lowest BCUT2D eigenvalue weighted by atomic mass is 9.86. The van der Waals surface area contributed by atoms with Gasteiger partial charge < -0.3 is 15.7 Å². The fourth-order valence-electron chi connectivity index (χ4n) is 2.77. The number of hydrogen-bond donors (Lipinski definition) is 3. The number of carbonyl (C=O) groups excluding carboxylic acids is 1. The topological polar surface area (TPSA) is 78.4 Å². The zero-order valence-corrected chi connectivity index (χ0v) is 14.3.